The molecule has 0 aromatic carbocycles. The normalized spacial score (nSPS) is 17.2. The molecule has 2 nitrogen and oxygen atoms in total. The first-order valence-electron chi connectivity index (χ1n) is 4.32. The molecule has 2 N–H and O–H groups in total. The minimum absolute atomic E-state index is 0.458. The average Bonchev–Trinajstić information content (AvgIpc) is 2.03. The lowest BCUT2D eigenvalue weighted by Gasteiger charge is -2.17. The molecule has 70 valence electrons. The van der Waals surface area contributed by atoms with Crippen molar-refractivity contribution in [1.29, 1.82) is 0 Å². The number of thiocarbonyl (C=S) groups is 1. The van der Waals surface area contributed by atoms with E-state index in [0.29, 0.717) is 22.7 Å². The van der Waals surface area contributed by atoms with Crippen LogP contribution in [0.5, 0.6) is 0 Å². The lowest BCUT2D eigenvalue weighted by molar-refractivity contribution is 0.421. The third-order valence-corrected chi connectivity index (χ3v) is 2.56. The smallest absolute Gasteiger partial charge is 0.423 e. The second-order valence-corrected chi connectivity index (χ2v) is 3.98. The highest BCUT2D eigenvalue weighted by atomic mass is 32.1. The fourth-order valence-corrected chi connectivity index (χ4v) is 1.60. The van der Waals surface area contributed by atoms with E-state index in [0.717, 1.165) is 0 Å². The van der Waals surface area contributed by atoms with Crippen molar-refractivity contribution in [3.8, 4) is 0 Å². The quantitative estimate of drug-likeness (QED) is 0.516. The van der Waals surface area contributed by atoms with Crippen molar-refractivity contribution in [3.63, 3.8) is 0 Å². The van der Waals surface area contributed by atoms with Gasteiger partial charge in [0, 0.05) is 11.3 Å². The average molecular weight is 196 g/mol. The Labute approximate surface area is 84.1 Å². The van der Waals surface area contributed by atoms with Crippen molar-refractivity contribution in [2.24, 2.45) is 5.92 Å². The van der Waals surface area contributed by atoms with Crippen molar-refractivity contribution >= 4 is 24.2 Å². The van der Waals surface area contributed by atoms with Gasteiger partial charge in [0.1, 0.15) is 0 Å². The number of hydrogen-bond acceptors (Lipinski definition) is 3. The van der Waals surface area contributed by atoms with Crippen LogP contribution in [0.2, 0.25) is 0 Å². The highest BCUT2D eigenvalue weighted by molar-refractivity contribution is 7.81. The van der Waals surface area contributed by atoms with Gasteiger partial charge in [-0.15, -0.1) is 0 Å². The molecule has 1 rings (SSSR count). The molecule has 0 heterocycles. The third kappa shape index (κ3) is 2.50. The molecule has 0 spiro atoms. The van der Waals surface area contributed by atoms with Crippen LogP contribution in [-0.4, -0.2) is 22.0 Å². The summed E-state index contributed by atoms with van der Waals surface area (Å²) in [4.78, 5) is 0.640. The van der Waals surface area contributed by atoms with Crippen LogP contribution in [-0.2, 0) is 0 Å². The molecule has 0 aliphatic heterocycles. The van der Waals surface area contributed by atoms with Gasteiger partial charge in [0.25, 0.3) is 0 Å². The maximum Gasteiger partial charge on any atom is 0.489 e. The molecule has 0 aromatic rings. The summed E-state index contributed by atoms with van der Waals surface area (Å²) in [5, 5.41) is 17.9. The molecule has 0 aromatic heterocycles. The molecule has 1 aliphatic rings. The lowest BCUT2D eigenvalue weighted by Crippen LogP contribution is -2.23. The van der Waals surface area contributed by atoms with Gasteiger partial charge in [-0.2, -0.15) is 0 Å². The molecule has 0 atom stereocenters. The Balaban J connectivity index is 2.87. The Morgan fingerprint density at radius 2 is 2.00 bits per heavy atom. The van der Waals surface area contributed by atoms with E-state index in [9.17, 15) is 0 Å². The van der Waals surface area contributed by atoms with Crippen LogP contribution < -0.4 is 0 Å². The molecular weight excluding hydrogens is 183 g/mol. The molecule has 0 bridgehead atoms. The Morgan fingerprint density at radius 1 is 1.38 bits per heavy atom. The predicted octanol–water partition coefficient (Wildman–Crippen LogP) is 1.28. The lowest BCUT2D eigenvalue weighted by atomic mass is 9.73. The van der Waals surface area contributed by atoms with Gasteiger partial charge >= 0.3 is 7.12 Å². The van der Waals surface area contributed by atoms with Gasteiger partial charge in [-0.25, -0.2) is 0 Å². The third-order valence-electron chi connectivity index (χ3n) is 2.18. The van der Waals surface area contributed by atoms with Crippen LogP contribution in [0.3, 0.4) is 0 Å². The molecule has 0 fully saturated rings. The van der Waals surface area contributed by atoms with E-state index in [-0.39, 0.29) is 0 Å². The highest BCUT2D eigenvalue weighted by Gasteiger charge is 2.22. The zero-order valence-corrected chi connectivity index (χ0v) is 8.64. The molecule has 4 heteroatoms. The monoisotopic (exact) mass is 196 g/mol. The van der Waals surface area contributed by atoms with Crippen LogP contribution >= 0.6 is 12.2 Å². The van der Waals surface area contributed by atoms with Crippen LogP contribution in [0.4, 0.5) is 0 Å². The van der Waals surface area contributed by atoms with E-state index in [2.05, 4.69) is 13.8 Å². The van der Waals surface area contributed by atoms with Gasteiger partial charge in [-0.1, -0.05) is 43.8 Å². The highest BCUT2D eigenvalue weighted by Crippen LogP contribution is 2.22. The minimum atomic E-state index is -1.43. The Bertz CT molecular complexity index is 279. The Morgan fingerprint density at radius 3 is 2.38 bits per heavy atom. The van der Waals surface area contributed by atoms with Gasteiger partial charge in [0.15, 0.2) is 0 Å². The molecule has 0 radical (unpaired) electrons. The largest absolute Gasteiger partial charge is 0.489 e. The van der Waals surface area contributed by atoms with E-state index in [1.807, 2.05) is 6.08 Å². The van der Waals surface area contributed by atoms with Gasteiger partial charge in [-0.3, -0.25) is 0 Å². The molecule has 0 unspecified atom stereocenters. The first-order valence-corrected chi connectivity index (χ1v) is 4.73. The molecule has 1 aliphatic carbocycles. The summed E-state index contributed by atoms with van der Waals surface area (Å²) in [5.41, 5.74) is 1.70. The van der Waals surface area contributed by atoms with Gasteiger partial charge in [0.05, 0.1) is 0 Å². The fraction of sp³-hybridized carbons (Fsp3) is 0.444. The number of hydrogen-bond donors (Lipinski definition) is 2. The summed E-state index contributed by atoms with van der Waals surface area (Å²) >= 11 is 5.07. The number of rotatable bonds is 2. The fourth-order valence-electron chi connectivity index (χ4n) is 1.26. The van der Waals surface area contributed by atoms with Crippen LogP contribution in [0, 0.1) is 5.92 Å². The summed E-state index contributed by atoms with van der Waals surface area (Å²) in [6, 6.07) is 0. The minimum Gasteiger partial charge on any atom is -0.423 e. The zero-order valence-electron chi connectivity index (χ0n) is 7.82. The van der Waals surface area contributed by atoms with Crippen molar-refractivity contribution in [2.45, 2.75) is 20.3 Å². The summed E-state index contributed by atoms with van der Waals surface area (Å²) in [7, 11) is -1.43. The van der Waals surface area contributed by atoms with E-state index in [1.54, 1.807) is 6.08 Å². The molecular formula is C9H13BO2S. The van der Waals surface area contributed by atoms with Crippen LogP contribution in [0.25, 0.3) is 0 Å². The van der Waals surface area contributed by atoms with E-state index in [1.165, 1.54) is 5.57 Å². The van der Waals surface area contributed by atoms with E-state index >= 15 is 0 Å². The van der Waals surface area contributed by atoms with Crippen LogP contribution in [0.1, 0.15) is 20.3 Å². The summed E-state index contributed by atoms with van der Waals surface area (Å²) < 4.78 is 0. The summed E-state index contributed by atoms with van der Waals surface area (Å²) in [6.07, 6.45) is 4.30. The van der Waals surface area contributed by atoms with Gasteiger partial charge in [0.2, 0.25) is 0 Å². The zero-order chi connectivity index (χ0) is 10.0. The van der Waals surface area contributed by atoms with Crippen molar-refractivity contribution in [1.82, 2.24) is 0 Å². The maximum atomic E-state index is 8.94. The first kappa shape index (κ1) is 10.6. The summed E-state index contributed by atoms with van der Waals surface area (Å²) in [5.74, 6) is 0.464. The maximum absolute atomic E-state index is 8.94. The second-order valence-electron chi connectivity index (χ2n) is 3.49. The van der Waals surface area contributed by atoms with Crippen molar-refractivity contribution < 1.29 is 10.0 Å². The SMILES string of the molecule is CC(C)C1=CC=C(B(O)O)C(=S)C1. The van der Waals surface area contributed by atoms with E-state index < -0.39 is 7.12 Å². The van der Waals surface area contributed by atoms with Gasteiger partial charge in [-0.05, 0) is 11.4 Å². The van der Waals surface area contributed by atoms with Crippen LogP contribution in [0.15, 0.2) is 23.2 Å². The first-order chi connectivity index (χ1) is 6.02. The predicted molar refractivity (Wildman–Crippen MR) is 58.4 cm³/mol. The van der Waals surface area contributed by atoms with Crippen molar-refractivity contribution in [3.05, 3.63) is 23.2 Å². The Kier molecular flexibility index (Phi) is 3.42. The summed E-state index contributed by atoms with van der Waals surface area (Å²) in [6.45, 7) is 4.20. The molecule has 0 saturated heterocycles. The second kappa shape index (κ2) is 4.18. The Hall–Kier alpha value is -0.445. The standard InChI is InChI=1S/C9H13BO2S/c1-6(2)7-3-4-8(10(11)12)9(13)5-7/h3-4,6,11-12H,5H2,1-2H3. The topological polar surface area (TPSA) is 40.5 Å². The molecule has 13 heavy (non-hydrogen) atoms. The molecule has 0 saturated carbocycles. The number of allylic oxidation sites excluding steroid dienone is 4. The van der Waals surface area contributed by atoms with Gasteiger partial charge < -0.3 is 10.0 Å². The van der Waals surface area contributed by atoms with Crippen molar-refractivity contribution in [2.75, 3.05) is 0 Å². The van der Waals surface area contributed by atoms with E-state index in [4.69, 9.17) is 22.3 Å². The molecule has 0 amide bonds.